The Kier molecular flexibility index (Phi) is 4.89. The van der Waals surface area contributed by atoms with Crippen molar-refractivity contribution in [2.45, 2.75) is 32.1 Å². The third-order valence-corrected chi connectivity index (χ3v) is 5.06. The maximum absolute atomic E-state index is 12.4. The highest BCUT2D eigenvalue weighted by Crippen LogP contribution is 2.34. The van der Waals surface area contributed by atoms with Crippen LogP contribution in [0.5, 0.6) is 0 Å². The van der Waals surface area contributed by atoms with E-state index in [0.29, 0.717) is 17.8 Å². The van der Waals surface area contributed by atoms with Gasteiger partial charge in [0.2, 0.25) is 5.91 Å². The van der Waals surface area contributed by atoms with Crippen LogP contribution in [0, 0.1) is 0 Å². The minimum atomic E-state index is -0.155. The van der Waals surface area contributed by atoms with Gasteiger partial charge in [-0.15, -0.1) is 5.10 Å². The fourth-order valence-corrected chi connectivity index (χ4v) is 3.61. The van der Waals surface area contributed by atoms with Crippen LogP contribution in [0.3, 0.4) is 0 Å². The molecule has 1 atom stereocenters. The van der Waals surface area contributed by atoms with E-state index in [2.05, 4.69) is 14.9 Å². The van der Waals surface area contributed by atoms with Crippen LogP contribution in [-0.2, 0) is 11.2 Å². The molecule has 0 fully saturated rings. The van der Waals surface area contributed by atoms with Crippen LogP contribution in [0.2, 0.25) is 0 Å². The first kappa shape index (κ1) is 16.6. The summed E-state index contributed by atoms with van der Waals surface area (Å²) in [5, 5.41) is 6.98. The Morgan fingerprint density at radius 3 is 3.00 bits per heavy atom. The highest BCUT2D eigenvalue weighted by Gasteiger charge is 2.29. The number of fused-ring (bicyclic) bond motifs is 1. The van der Waals surface area contributed by atoms with E-state index in [-0.39, 0.29) is 17.7 Å². The van der Waals surface area contributed by atoms with Gasteiger partial charge in [0.25, 0.3) is 5.91 Å². The second-order valence-corrected chi connectivity index (χ2v) is 6.68. The molecule has 1 aromatic heterocycles. The van der Waals surface area contributed by atoms with Crippen LogP contribution in [0.4, 0.5) is 5.69 Å². The van der Waals surface area contributed by atoms with E-state index in [0.717, 1.165) is 41.3 Å². The molecule has 0 radical (unpaired) electrons. The molecule has 2 amide bonds. The molecular weight excluding hydrogens is 324 g/mol. The van der Waals surface area contributed by atoms with Crippen molar-refractivity contribution >= 4 is 29.0 Å². The quantitative estimate of drug-likeness (QED) is 0.903. The molecule has 1 aliphatic heterocycles. The van der Waals surface area contributed by atoms with Crippen molar-refractivity contribution in [1.29, 1.82) is 0 Å². The molecule has 0 aliphatic carbocycles. The maximum atomic E-state index is 12.4. The zero-order valence-electron chi connectivity index (χ0n) is 13.8. The number of hydrogen-bond acceptors (Lipinski definition) is 5. The van der Waals surface area contributed by atoms with Crippen molar-refractivity contribution in [3.63, 3.8) is 0 Å². The van der Waals surface area contributed by atoms with Crippen LogP contribution >= 0.6 is 11.5 Å². The first-order chi connectivity index (χ1) is 11.6. The Morgan fingerprint density at radius 1 is 1.42 bits per heavy atom. The number of nitrogens with zero attached hydrogens (tertiary/aromatic N) is 3. The molecule has 7 heteroatoms. The number of aryl methyl sites for hydroxylation is 1. The van der Waals surface area contributed by atoms with E-state index in [4.69, 9.17) is 0 Å². The van der Waals surface area contributed by atoms with Gasteiger partial charge in [-0.25, -0.2) is 0 Å². The van der Waals surface area contributed by atoms with Crippen molar-refractivity contribution in [3.8, 4) is 0 Å². The number of amides is 2. The average Bonchev–Trinajstić information content (AvgIpc) is 3.05. The van der Waals surface area contributed by atoms with E-state index in [1.54, 1.807) is 11.9 Å². The molecule has 126 valence electrons. The average molecular weight is 344 g/mol. The summed E-state index contributed by atoms with van der Waals surface area (Å²) in [6.45, 7) is 2.47. The zero-order chi connectivity index (χ0) is 17.1. The molecular formula is C17H20N4O2S. The molecule has 3 rings (SSSR count). The van der Waals surface area contributed by atoms with E-state index < -0.39 is 0 Å². The number of hydrogen-bond donors (Lipinski definition) is 1. The molecule has 2 heterocycles. The first-order valence-corrected chi connectivity index (χ1v) is 8.84. The standard InChI is InChI=1S/C17H20N4O2S/c1-3-6-13-16(24-20-19-13)17(23)18-10-11-9-15(22)21(2)14-8-5-4-7-12(11)14/h4-5,7-8,11H,3,6,9-10H2,1-2H3,(H,18,23)/t11-/m1/s1. The van der Waals surface area contributed by atoms with Crippen LogP contribution in [0.1, 0.15) is 46.6 Å². The Balaban J connectivity index is 1.73. The zero-order valence-corrected chi connectivity index (χ0v) is 14.6. The van der Waals surface area contributed by atoms with Crippen LogP contribution in [0.25, 0.3) is 0 Å². The third kappa shape index (κ3) is 3.17. The summed E-state index contributed by atoms with van der Waals surface area (Å²) in [4.78, 5) is 26.9. The molecule has 1 aromatic carbocycles. The van der Waals surface area contributed by atoms with Gasteiger partial charge in [0.05, 0.1) is 5.69 Å². The summed E-state index contributed by atoms with van der Waals surface area (Å²) in [5.74, 6) is -0.0965. The number of para-hydroxylation sites is 1. The summed E-state index contributed by atoms with van der Waals surface area (Å²) in [7, 11) is 1.79. The van der Waals surface area contributed by atoms with Crippen LogP contribution in [0.15, 0.2) is 24.3 Å². The third-order valence-electron chi connectivity index (χ3n) is 4.29. The molecule has 0 saturated carbocycles. The lowest BCUT2D eigenvalue weighted by atomic mass is 9.89. The van der Waals surface area contributed by atoms with Crippen LogP contribution < -0.4 is 10.2 Å². The summed E-state index contributed by atoms with van der Waals surface area (Å²) in [5.41, 5.74) is 2.76. The van der Waals surface area contributed by atoms with Gasteiger partial charge in [-0.3, -0.25) is 9.59 Å². The monoisotopic (exact) mass is 344 g/mol. The van der Waals surface area contributed by atoms with Crippen molar-refractivity contribution in [2.75, 3.05) is 18.5 Å². The van der Waals surface area contributed by atoms with E-state index in [1.807, 2.05) is 31.2 Å². The second kappa shape index (κ2) is 7.09. The van der Waals surface area contributed by atoms with Crippen LogP contribution in [-0.4, -0.2) is 35.0 Å². The van der Waals surface area contributed by atoms with Crippen molar-refractivity contribution < 1.29 is 9.59 Å². The minimum Gasteiger partial charge on any atom is -0.351 e. The predicted molar refractivity (Wildman–Crippen MR) is 93.4 cm³/mol. The van der Waals surface area contributed by atoms with Gasteiger partial charge in [0, 0.05) is 31.6 Å². The first-order valence-electron chi connectivity index (χ1n) is 8.06. The van der Waals surface area contributed by atoms with E-state index in [1.165, 1.54) is 0 Å². The lowest BCUT2D eigenvalue weighted by Gasteiger charge is -2.31. The van der Waals surface area contributed by atoms with E-state index >= 15 is 0 Å². The second-order valence-electron chi connectivity index (χ2n) is 5.92. The van der Waals surface area contributed by atoms with Gasteiger partial charge in [-0.1, -0.05) is 36.0 Å². The molecule has 1 N–H and O–H groups in total. The number of carbonyl (C=O) groups excluding carboxylic acids is 2. The topological polar surface area (TPSA) is 75.2 Å². The smallest absolute Gasteiger partial charge is 0.264 e. The number of aromatic nitrogens is 2. The van der Waals surface area contributed by atoms with Gasteiger partial charge in [0.15, 0.2) is 0 Å². The summed E-state index contributed by atoms with van der Waals surface area (Å²) in [6.07, 6.45) is 2.06. The number of carbonyl (C=O) groups is 2. The van der Waals surface area contributed by atoms with Gasteiger partial charge < -0.3 is 10.2 Å². The molecule has 2 aromatic rings. The Labute approximate surface area is 145 Å². The van der Waals surface area contributed by atoms with E-state index in [9.17, 15) is 9.59 Å². The fraction of sp³-hybridized carbons (Fsp3) is 0.412. The summed E-state index contributed by atoms with van der Waals surface area (Å²) >= 11 is 1.12. The minimum absolute atomic E-state index is 0.00986. The van der Waals surface area contributed by atoms with Crippen molar-refractivity contribution in [2.24, 2.45) is 0 Å². The van der Waals surface area contributed by atoms with Crippen molar-refractivity contribution in [1.82, 2.24) is 14.9 Å². The molecule has 0 bridgehead atoms. The largest absolute Gasteiger partial charge is 0.351 e. The predicted octanol–water partition coefficient (Wildman–Crippen LogP) is 2.37. The van der Waals surface area contributed by atoms with Crippen molar-refractivity contribution in [3.05, 3.63) is 40.4 Å². The van der Waals surface area contributed by atoms with Gasteiger partial charge in [-0.05, 0) is 29.6 Å². The van der Waals surface area contributed by atoms with Gasteiger partial charge in [0.1, 0.15) is 4.88 Å². The molecule has 0 spiro atoms. The number of benzene rings is 1. The highest BCUT2D eigenvalue weighted by molar-refractivity contribution is 7.08. The summed E-state index contributed by atoms with van der Waals surface area (Å²) < 4.78 is 3.88. The Bertz CT molecular complexity index is 759. The normalized spacial score (nSPS) is 16.8. The molecule has 24 heavy (non-hydrogen) atoms. The maximum Gasteiger partial charge on any atom is 0.264 e. The highest BCUT2D eigenvalue weighted by atomic mass is 32.1. The number of anilines is 1. The van der Waals surface area contributed by atoms with Gasteiger partial charge in [-0.2, -0.15) is 0 Å². The molecule has 6 nitrogen and oxygen atoms in total. The number of rotatable bonds is 5. The van der Waals surface area contributed by atoms with Gasteiger partial charge >= 0.3 is 0 Å². The SMILES string of the molecule is CCCc1nnsc1C(=O)NC[C@H]1CC(=O)N(C)c2ccccc21. The Hall–Kier alpha value is -2.28. The summed E-state index contributed by atoms with van der Waals surface area (Å²) in [6, 6.07) is 7.84. The molecule has 0 unspecified atom stereocenters. The lowest BCUT2D eigenvalue weighted by Crippen LogP contribution is -2.37. The molecule has 1 aliphatic rings. The molecule has 0 saturated heterocycles. The number of nitrogens with one attached hydrogen (secondary N) is 1. The fourth-order valence-electron chi connectivity index (χ4n) is 2.99. The lowest BCUT2D eigenvalue weighted by molar-refractivity contribution is -0.119. The Morgan fingerprint density at radius 2 is 2.21 bits per heavy atom.